The van der Waals surface area contributed by atoms with Gasteiger partial charge in [0, 0.05) is 30.6 Å². The Labute approximate surface area is 118 Å². The third kappa shape index (κ3) is 3.17. The Balaban J connectivity index is 2.49. The second-order valence-electron chi connectivity index (χ2n) is 4.07. The second kappa shape index (κ2) is 5.63. The lowest BCUT2D eigenvalue weighted by Crippen LogP contribution is -2.04. The summed E-state index contributed by atoms with van der Waals surface area (Å²) in [5.41, 5.74) is 0.838. The molecular weight excluding hydrogens is 289 g/mol. The van der Waals surface area contributed by atoms with E-state index in [0.29, 0.717) is 16.7 Å². The first-order valence-corrected chi connectivity index (χ1v) is 6.05. The van der Waals surface area contributed by atoms with E-state index in [1.807, 2.05) is 0 Å². The summed E-state index contributed by atoms with van der Waals surface area (Å²) < 4.78 is 38.1. The van der Waals surface area contributed by atoms with Crippen molar-refractivity contribution in [3.8, 4) is 11.1 Å². The van der Waals surface area contributed by atoms with Crippen LogP contribution >= 0.6 is 11.6 Å². The fourth-order valence-corrected chi connectivity index (χ4v) is 1.88. The molecule has 1 aromatic carbocycles. The number of benzene rings is 1. The molecule has 0 N–H and O–H groups in total. The summed E-state index contributed by atoms with van der Waals surface area (Å²) in [5.74, 6) is 0. The molecule has 0 fully saturated rings. The SMILES string of the molecule is CN=Cc1cc(-c2cccc(C(F)(F)F)c2)cnc1Cl. The molecule has 6 heteroatoms. The zero-order valence-corrected chi connectivity index (χ0v) is 11.2. The number of alkyl halides is 3. The van der Waals surface area contributed by atoms with Gasteiger partial charge in [-0.25, -0.2) is 4.98 Å². The molecule has 2 aromatic rings. The van der Waals surface area contributed by atoms with Crippen molar-refractivity contribution in [2.24, 2.45) is 4.99 Å². The number of pyridine rings is 1. The van der Waals surface area contributed by atoms with Crippen molar-refractivity contribution in [1.29, 1.82) is 0 Å². The monoisotopic (exact) mass is 298 g/mol. The largest absolute Gasteiger partial charge is 0.416 e. The lowest BCUT2D eigenvalue weighted by Gasteiger charge is -2.09. The van der Waals surface area contributed by atoms with E-state index in [-0.39, 0.29) is 5.15 Å². The maximum absolute atomic E-state index is 12.7. The zero-order chi connectivity index (χ0) is 14.8. The van der Waals surface area contributed by atoms with Crippen LogP contribution in [0.1, 0.15) is 11.1 Å². The minimum Gasteiger partial charge on any atom is -0.296 e. The van der Waals surface area contributed by atoms with Crippen molar-refractivity contribution in [2.75, 3.05) is 7.05 Å². The highest BCUT2D eigenvalue weighted by Gasteiger charge is 2.30. The molecule has 1 aromatic heterocycles. The van der Waals surface area contributed by atoms with Crippen LogP contribution in [-0.2, 0) is 6.18 Å². The number of aromatic nitrogens is 1. The van der Waals surface area contributed by atoms with E-state index in [1.165, 1.54) is 18.5 Å². The molecule has 20 heavy (non-hydrogen) atoms. The van der Waals surface area contributed by atoms with Crippen LogP contribution in [-0.4, -0.2) is 18.2 Å². The molecule has 0 aliphatic heterocycles. The van der Waals surface area contributed by atoms with Crippen molar-refractivity contribution in [3.05, 3.63) is 52.8 Å². The number of nitrogens with zero attached hydrogens (tertiary/aromatic N) is 2. The lowest BCUT2D eigenvalue weighted by molar-refractivity contribution is -0.137. The highest BCUT2D eigenvalue weighted by atomic mass is 35.5. The molecule has 0 spiro atoms. The lowest BCUT2D eigenvalue weighted by atomic mass is 10.0. The number of rotatable bonds is 2. The quantitative estimate of drug-likeness (QED) is 0.593. The first-order valence-electron chi connectivity index (χ1n) is 5.67. The van der Waals surface area contributed by atoms with E-state index < -0.39 is 11.7 Å². The van der Waals surface area contributed by atoms with E-state index >= 15 is 0 Å². The van der Waals surface area contributed by atoms with Crippen molar-refractivity contribution in [2.45, 2.75) is 6.18 Å². The maximum Gasteiger partial charge on any atom is 0.416 e. The molecule has 2 nitrogen and oxygen atoms in total. The molecule has 0 saturated heterocycles. The van der Waals surface area contributed by atoms with Gasteiger partial charge < -0.3 is 0 Å². The van der Waals surface area contributed by atoms with Crippen LogP contribution < -0.4 is 0 Å². The summed E-state index contributed by atoms with van der Waals surface area (Å²) >= 11 is 5.88. The Morgan fingerprint density at radius 3 is 2.60 bits per heavy atom. The van der Waals surface area contributed by atoms with Crippen LogP contribution in [0.5, 0.6) is 0 Å². The van der Waals surface area contributed by atoms with Crippen LogP contribution in [0, 0.1) is 0 Å². The third-order valence-electron chi connectivity index (χ3n) is 2.66. The number of hydrogen-bond acceptors (Lipinski definition) is 2. The minimum atomic E-state index is -4.37. The molecule has 0 bridgehead atoms. The van der Waals surface area contributed by atoms with Crippen LogP contribution in [0.25, 0.3) is 11.1 Å². The van der Waals surface area contributed by atoms with Gasteiger partial charge in [-0.15, -0.1) is 0 Å². The summed E-state index contributed by atoms with van der Waals surface area (Å²) in [4.78, 5) is 7.79. The van der Waals surface area contributed by atoms with E-state index in [0.717, 1.165) is 12.1 Å². The van der Waals surface area contributed by atoms with Gasteiger partial charge in [0.2, 0.25) is 0 Å². The van der Waals surface area contributed by atoms with E-state index in [1.54, 1.807) is 19.2 Å². The second-order valence-corrected chi connectivity index (χ2v) is 4.43. The fourth-order valence-electron chi connectivity index (χ4n) is 1.73. The summed E-state index contributed by atoms with van der Waals surface area (Å²) in [6.45, 7) is 0. The summed E-state index contributed by atoms with van der Waals surface area (Å²) in [6.07, 6.45) is -1.43. The van der Waals surface area contributed by atoms with Crippen LogP contribution in [0.15, 0.2) is 41.5 Å². The molecule has 0 unspecified atom stereocenters. The van der Waals surface area contributed by atoms with Crippen LogP contribution in [0.3, 0.4) is 0 Å². The van der Waals surface area contributed by atoms with Crippen molar-refractivity contribution in [3.63, 3.8) is 0 Å². The summed E-state index contributed by atoms with van der Waals surface area (Å²) in [6, 6.07) is 6.71. The molecular formula is C14H10ClF3N2. The Hall–Kier alpha value is -1.88. The Morgan fingerprint density at radius 1 is 1.20 bits per heavy atom. The predicted octanol–water partition coefficient (Wildman–Crippen LogP) is 4.47. The van der Waals surface area contributed by atoms with Crippen molar-refractivity contribution < 1.29 is 13.2 Å². The predicted molar refractivity (Wildman–Crippen MR) is 73.2 cm³/mol. The van der Waals surface area contributed by atoms with Gasteiger partial charge in [0.05, 0.1) is 5.56 Å². The molecule has 0 saturated carbocycles. The minimum absolute atomic E-state index is 0.256. The molecule has 104 valence electrons. The normalized spacial score (nSPS) is 12.1. The average Bonchev–Trinajstić information content (AvgIpc) is 2.41. The van der Waals surface area contributed by atoms with Gasteiger partial charge in [-0.3, -0.25) is 4.99 Å². The first-order chi connectivity index (χ1) is 9.41. The van der Waals surface area contributed by atoms with Gasteiger partial charge in [-0.05, 0) is 23.8 Å². The van der Waals surface area contributed by atoms with Gasteiger partial charge in [-0.2, -0.15) is 13.2 Å². The van der Waals surface area contributed by atoms with E-state index in [2.05, 4.69) is 9.98 Å². The summed E-state index contributed by atoms with van der Waals surface area (Å²) in [7, 11) is 1.58. The number of aliphatic imine (C=N–C) groups is 1. The number of halogens is 4. The van der Waals surface area contributed by atoms with Gasteiger partial charge in [-0.1, -0.05) is 23.7 Å². The summed E-state index contributed by atoms with van der Waals surface area (Å²) in [5, 5.41) is 0.256. The Bertz CT molecular complexity index is 651. The Kier molecular flexibility index (Phi) is 4.09. The van der Waals surface area contributed by atoms with Crippen molar-refractivity contribution >= 4 is 17.8 Å². The molecule has 0 amide bonds. The van der Waals surface area contributed by atoms with E-state index in [9.17, 15) is 13.2 Å². The average molecular weight is 299 g/mol. The van der Waals surface area contributed by atoms with Gasteiger partial charge >= 0.3 is 6.18 Å². The van der Waals surface area contributed by atoms with Gasteiger partial charge in [0.1, 0.15) is 5.15 Å². The highest BCUT2D eigenvalue weighted by molar-refractivity contribution is 6.31. The molecule has 0 aliphatic rings. The van der Waals surface area contributed by atoms with E-state index in [4.69, 9.17) is 11.6 Å². The zero-order valence-electron chi connectivity index (χ0n) is 10.4. The highest BCUT2D eigenvalue weighted by Crippen LogP contribution is 2.32. The van der Waals surface area contributed by atoms with Crippen molar-refractivity contribution in [1.82, 2.24) is 4.98 Å². The molecule has 0 radical (unpaired) electrons. The third-order valence-corrected chi connectivity index (χ3v) is 2.97. The molecule has 0 atom stereocenters. The smallest absolute Gasteiger partial charge is 0.296 e. The van der Waals surface area contributed by atoms with Gasteiger partial charge in [0.25, 0.3) is 0 Å². The van der Waals surface area contributed by atoms with Gasteiger partial charge in [0.15, 0.2) is 0 Å². The molecule has 0 aliphatic carbocycles. The number of hydrogen-bond donors (Lipinski definition) is 0. The van der Waals surface area contributed by atoms with Crippen LogP contribution in [0.4, 0.5) is 13.2 Å². The molecule has 1 heterocycles. The first kappa shape index (κ1) is 14.5. The topological polar surface area (TPSA) is 25.2 Å². The van der Waals surface area contributed by atoms with Crippen LogP contribution in [0.2, 0.25) is 5.15 Å². The fraction of sp³-hybridized carbons (Fsp3) is 0.143. The standard InChI is InChI=1S/C14H10ClF3N2/c1-19-7-11-5-10(8-20-13(11)15)9-3-2-4-12(6-9)14(16,17)18/h2-8H,1H3. The molecule has 2 rings (SSSR count). The maximum atomic E-state index is 12.7. The Morgan fingerprint density at radius 2 is 1.95 bits per heavy atom.